The first-order chi connectivity index (χ1) is 13.5. The zero-order valence-electron chi connectivity index (χ0n) is 15.9. The molecule has 3 fully saturated rings. The Balaban J connectivity index is 1.18. The van der Waals surface area contributed by atoms with Crippen LogP contribution in [0.4, 0.5) is 0 Å². The van der Waals surface area contributed by atoms with Crippen LogP contribution in [0.25, 0.3) is 0 Å². The first-order valence-electron chi connectivity index (χ1n) is 10.2. The van der Waals surface area contributed by atoms with Crippen LogP contribution >= 0.6 is 0 Å². The second kappa shape index (κ2) is 6.67. The summed E-state index contributed by atoms with van der Waals surface area (Å²) in [5.74, 6) is 0.0369. The smallest absolute Gasteiger partial charge is 0.255 e. The molecule has 2 saturated heterocycles. The molecule has 1 aromatic carbocycles. The van der Waals surface area contributed by atoms with Gasteiger partial charge in [0.25, 0.3) is 5.91 Å². The molecule has 1 aromatic rings. The largest absolute Gasteiger partial charge is 0.322 e. The highest BCUT2D eigenvalue weighted by Gasteiger charge is 2.47. The van der Waals surface area contributed by atoms with Gasteiger partial charge in [0.1, 0.15) is 6.04 Å². The van der Waals surface area contributed by atoms with E-state index in [0.29, 0.717) is 23.9 Å². The van der Waals surface area contributed by atoms with Crippen molar-refractivity contribution >= 4 is 17.7 Å². The van der Waals surface area contributed by atoms with E-state index in [0.717, 1.165) is 30.1 Å². The number of rotatable bonds is 5. The standard InChI is InChI=1S/C21H26N4O3/c26-18-4-3-17(19(27)24-18)25-10-15-2-1-13(5-16(15)20(25)28)8-22-9-14-6-21(7-14)11-23-12-21/h1-2,5,14,17,22-23H,3-4,6-12H2,(H,24,26,27). The summed E-state index contributed by atoms with van der Waals surface area (Å²) < 4.78 is 0. The van der Waals surface area contributed by atoms with Crippen molar-refractivity contribution in [1.82, 2.24) is 20.9 Å². The van der Waals surface area contributed by atoms with Gasteiger partial charge in [0, 0.05) is 38.2 Å². The van der Waals surface area contributed by atoms with Crippen LogP contribution in [0.5, 0.6) is 0 Å². The van der Waals surface area contributed by atoms with Crippen molar-refractivity contribution < 1.29 is 14.4 Å². The molecule has 0 aromatic heterocycles. The van der Waals surface area contributed by atoms with Crippen LogP contribution in [0.3, 0.4) is 0 Å². The molecule has 5 rings (SSSR count). The number of nitrogens with zero attached hydrogens (tertiary/aromatic N) is 1. The zero-order chi connectivity index (χ0) is 19.3. The Morgan fingerprint density at radius 2 is 2.00 bits per heavy atom. The third-order valence-corrected chi connectivity index (χ3v) is 6.80. The molecule has 0 bridgehead atoms. The van der Waals surface area contributed by atoms with Gasteiger partial charge in [0.2, 0.25) is 11.8 Å². The molecule has 28 heavy (non-hydrogen) atoms. The zero-order valence-corrected chi connectivity index (χ0v) is 15.9. The van der Waals surface area contributed by atoms with Crippen molar-refractivity contribution in [3.63, 3.8) is 0 Å². The van der Waals surface area contributed by atoms with E-state index in [2.05, 4.69) is 22.0 Å². The minimum Gasteiger partial charge on any atom is -0.322 e. The summed E-state index contributed by atoms with van der Waals surface area (Å²) in [5, 5.41) is 9.25. The number of nitrogens with one attached hydrogen (secondary N) is 3. The van der Waals surface area contributed by atoms with Crippen LogP contribution in [0, 0.1) is 11.3 Å². The molecular weight excluding hydrogens is 356 g/mol. The number of fused-ring (bicyclic) bond motifs is 1. The molecule has 1 aliphatic carbocycles. The van der Waals surface area contributed by atoms with Crippen LogP contribution in [-0.2, 0) is 22.7 Å². The Bertz CT molecular complexity index is 840. The number of benzene rings is 1. The second-order valence-corrected chi connectivity index (χ2v) is 8.90. The van der Waals surface area contributed by atoms with E-state index in [4.69, 9.17) is 0 Å². The van der Waals surface area contributed by atoms with Gasteiger partial charge in [-0.2, -0.15) is 0 Å². The van der Waals surface area contributed by atoms with Crippen LogP contribution in [0.2, 0.25) is 0 Å². The summed E-state index contributed by atoms with van der Waals surface area (Å²) >= 11 is 0. The van der Waals surface area contributed by atoms with Crippen molar-refractivity contribution in [2.24, 2.45) is 11.3 Å². The summed E-state index contributed by atoms with van der Waals surface area (Å²) in [6.45, 7) is 4.57. The Labute approximate surface area is 164 Å². The van der Waals surface area contributed by atoms with Crippen molar-refractivity contribution in [3.05, 3.63) is 34.9 Å². The highest BCUT2D eigenvalue weighted by Crippen LogP contribution is 2.47. The van der Waals surface area contributed by atoms with Gasteiger partial charge in [-0.3, -0.25) is 19.7 Å². The number of piperidine rings is 1. The van der Waals surface area contributed by atoms with Gasteiger partial charge in [-0.25, -0.2) is 0 Å². The highest BCUT2D eigenvalue weighted by molar-refractivity contribution is 6.05. The van der Waals surface area contributed by atoms with Gasteiger partial charge in [-0.05, 0) is 54.3 Å². The molecule has 1 atom stereocenters. The summed E-state index contributed by atoms with van der Waals surface area (Å²) in [5.41, 5.74) is 3.34. The Morgan fingerprint density at radius 3 is 2.71 bits per heavy atom. The van der Waals surface area contributed by atoms with Crippen molar-refractivity contribution in [3.8, 4) is 0 Å². The van der Waals surface area contributed by atoms with Crippen molar-refractivity contribution in [2.45, 2.75) is 44.8 Å². The average molecular weight is 382 g/mol. The first kappa shape index (κ1) is 17.8. The van der Waals surface area contributed by atoms with Gasteiger partial charge >= 0.3 is 0 Å². The van der Waals surface area contributed by atoms with Gasteiger partial charge in [0.05, 0.1) is 0 Å². The first-order valence-corrected chi connectivity index (χ1v) is 10.2. The van der Waals surface area contributed by atoms with E-state index >= 15 is 0 Å². The fourth-order valence-electron chi connectivity index (χ4n) is 5.21. The molecule has 1 spiro atoms. The van der Waals surface area contributed by atoms with E-state index in [1.807, 2.05) is 12.1 Å². The Morgan fingerprint density at radius 1 is 1.18 bits per heavy atom. The molecule has 7 heteroatoms. The maximum Gasteiger partial charge on any atom is 0.255 e. The number of carbonyl (C=O) groups excluding carboxylic acids is 3. The average Bonchev–Trinajstić information content (AvgIpc) is 2.92. The number of carbonyl (C=O) groups is 3. The quantitative estimate of drug-likeness (QED) is 0.647. The molecule has 148 valence electrons. The topological polar surface area (TPSA) is 90.5 Å². The molecule has 1 saturated carbocycles. The number of amides is 3. The van der Waals surface area contributed by atoms with Crippen molar-refractivity contribution in [1.29, 1.82) is 0 Å². The lowest BCUT2D eigenvalue weighted by Gasteiger charge is -2.54. The SMILES string of the molecule is O=C1CCC(N2Cc3ccc(CNCC4CC5(CNC5)C4)cc3C2=O)C(=O)N1. The molecule has 3 N–H and O–H groups in total. The lowest BCUT2D eigenvalue weighted by Crippen LogP contribution is -2.61. The number of hydrogen-bond donors (Lipinski definition) is 3. The summed E-state index contributed by atoms with van der Waals surface area (Å²) in [7, 11) is 0. The molecule has 3 aliphatic heterocycles. The van der Waals surface area contributed by atoms with E-state index in [9.17, 15) is 14.4 Å². The summed E-state index contributed by atoms with van der Waals surface area (Å²) in [6.07, 6.45) is 3.31. The van der Waals surface area contributed by atoms with Crippen LogP contribution in [-0.4, -0.2) is 48.3 Å². The van der Waals surface area contributed by atoms with Crippen molar-refractivity contribution in [2.75, 3.05) is 19.6 Å². The lowest BCUT2D eigenvalue weighted by atomic mass is 9.58. The molecule has 3 amide bonds. The van der Waals surface area contributed by atoms with E-state index in [1.54, 1.807) is 4.90 Å². The maximum atomic E-state index is 12.9. The van der Waals surface area contributed by atoms with E-state index in [1.165, 1.54) is 25.9 Å². The summed E-state index contributed by atoms with van der Waals surface area (Å²) in [6, 6.07) is 5.46. The predicted molar refractivity (Wildman–Crippen MR) is 102 cm³/mol. The highest BCUT2D eigenvalue weighted by atomic mass is 16.2. The Kier molecular flexibility index (Phi) is 4.25. The minimum absolute atomic E-state index is 0.107. The maximum absolute atomic E-state index is 12.9. The molecule has 3 heterocycles. The number of imide groups is 1. The molecular formula is C21H26N4O3. The molecule has 4 aliphatic rings. The van der Waals surface area contributed by atoms with E-state index < -0.39 is 6.04 Å². The third kappa shape index (κ3) is 3.02. The third-order valence-electron chi connectivity index (χ3n) is 6.80. The molecule has 7 nitrogen and oxygen atoms in total. The second-order valence-electron chi connectivity index (χ2n) is 8.90. The Hall–Kier alpha value is -2.25. The van der Waals surface area contributed by atoms with Crippen LogP contribution in [0.15, 0.2) is 18.2 Å². The lowest BCUT2D eigenvalue weighted by molar-refractivity contribution is -0.136. The number of hydrogen-bond acceptors (Lipinski definition) is 5. The van der Waals surface area contributed by atoms with Crippen LogP contribution in [0.1, 0.15) is 47.2 Å². The van der Waals surface area contributed by atoms with E-state index in [-0.39, 0.29) is 24.1 Å². The summed E-state index contributed by atoms with van der Waals surface area (Å²) in [4.78, 5) is 37.9. The molecule has 0 radical (unpaired) electrons. The fourth-order valence-corrected chi connectivity index (χ4v) is 5.21. The predicted octanol–water partition coefficient (Wildman–Crippen LogP) is 0.537. The molecule has 1 unspecified atom stereocenters. The minimum atomic E-state index is -0.550. The van der Waals surface area contributed by atoms with Gasteiger partial charge in [-0.15, -0.1) is 0 Å². The fraction of sp³-hybridized carbons (Fsp3) is 0.571. The van der Waals surface area contributed by atoms with Crippen LogP contribution < -0.4 is 16.0 Å². The van der Waals surface area contributed by atoms with Gasteiger partial charge < -0.3 is 15.5 Å². The monoisotopic (exact) mass is 382 g/mol. The van der Waals surface area contributed by atoms with Gasteiger partial charge in [-0.1, -0.05) is 12.1 Å². The normalized spacial score (nSPS) is 26.1. The van der Waals surface area contributed by atoms with Gasteiger partial charge in [0.15, 0.2) is 0 Å².